The van der Waals surface area contributed by atoms with Crippen LogP contribution in [0.15, 0.2) is 24.5 Å². The van der Waals surface area contributed by atoms with Gasteiger partial charge in [-0.1, -0.05) is 0 Å². The highest BCUT2D eigenvalue weighted by Crippen LogP contribution is 2.17. The molecule has 0 bridgehead atoms. The molecule has 0 aromatic carbocycles. The SMILES string of the molecule is Cn1c(C(=O)Nc2nccnc2C(=O)O)ccc1[N+](=O)[O-]. The van der Waals surface area contributed by atoms with Crippen molar-refractivity contribution in [2.24, 2.45) is 7.05 Å². The zero-order chi connectivity index (χ0) is 15.6. The lowest BCUT2D eigenvalue weighted by Crippen LogP contribution is -2.19. The van der Waals surface area contributed by atoms with Gasteiger partial charge in [0.15, 0.2) is 17.2 Å². The second-order valence-electron chi connectivity index (χ2n) is 3.91. The molecule has 2 rings (SSSR count). The first kappa shape index (κ1) is 14.1. The summed E-state index contributed by atoms with van der Waals surface area (Å²) in [7, 11) is 1.35. The van der Waals surface area contributed by atoms with Crippen molar-refractivity contribution in [2.75, 3.05) is 5.32 Å². The maximum Gasteiger partial charge on any atom is 0.358 e. The van der Waals surface area contributed by atoms with E-state index in [9.17, 15) is 19.7 Å². The number of carbonyl (C=O) groups excluding carboxylic acids is 1. The van der Waals surface area contributed by atoms with Crippen molar-refractivity contribution >= 4 is 23.5 Å². The van der Waals surface area contributed by atoms with Crippen LogP contribution in [0.1, 0.15) is 21.0 Å². The predicted molar refractivity (Wildman–Crippen MR) is 69.0 cm³/mol. The zero-order valence-corrected chi connectivity index (χ0v) is 10.7. The van der Waals surface area contributed by atoms with Crippen LogP contribution < -0.4 is 5.32 Å². The summed E-state index contributed by atoms with van der Waals surface area (Å²) < 4.78 is 1.08. The van der Waals surface area contributed by atoms with E-state index in [1.54, 1.807) is 0 Å². The summed E-state index contributed by atoms with van der Waals surface area (Å²) in [5.41, 5.74) is -0.432. The molecule has 2 heterocycles. The molecular weight excluding hydrogens is 282 g/mol. The second kappa shape index (κ2) is 5.36. The highest BCUT2D eigenvalue weighted by atomic mass is 16.6. The average molecular weight is 291 g/mol. The van der Waals surface area contributed by atoms with E-state index in [1.165, 1.54) is 31.6 Å². The Balaban J connectivity index is 2.31. The molecule has 108 valence electrons. The van der Waals surface area contributed by atoms with Gasteiger partial charge < -0.3 is 20.5 Å². The summed E-state index contributed by atoms with van der Waals surface area (Å²) in [5, 5.41) is 21.9. The van der Waals surface area contributed by atoms with Crippen LogP contribution in [-0.4, -0.2) is 36.4 Å². The molecule has 10 heteroatoms. The van der Waals surface area contributed by atoms with Gasteiger partial charge in [0.1, 0.15) is 0 Å². The van der Waals surface area contributed by atoms with Crippen molar-refractivity contribution in [1.82, 2.24) is 14.5 Å². The monoisotopic (exact) mass is 291 g/mol. The van der Waals surface area contributed by atoms with Gasteiger partial charge in [-0.05, 0) is 11.0 Å². The van der Waals surface area contributed by atoms with Crippen LogP contribution >= 0.6 is 0 Å². The summed E-state index contributed by atoms with van der Waals surface area (Å²) >= 11 is 0. The maximum absolute atomic E-state index is 12.0. The lowest BCUT2D eigenvalue weighted by molar-refractivity contribution is -0.391. The number of carboxylic acids is 1. The van der Waals surface area contributed by atoms with Crippen molar-refractivity contribution in [1.29, 1.82) is 0 Å². The molecule has 0 spiro atoms. The third-order valence-electron chi connectivity index (χ3n) is 2.65. The molecule has 0 saturated carbocycles. The Morgan fingerprint density at radius 3 is 2.57 bits per heavy atom. The van der Waals surface area contributed by atoms with Gasteiger partial charge in [-0.25, -0.2) is 19.3 Å². The number of anilines is 1. The summed E-state index contributed by atoms with van der Waals surface area (Å²) in [6.45, 7) is 0. The minimum Gasteiger partial charge on any atom is -0.476 e. The summed E-state index contributed by atoms with van der Waals surface area (Å²) in [6.07, 6.45) is 2.39. The fraction of sp³-hybridized carbons (Fsp3) is 0.0909. The van der Waals surface area contributed by atoms with Crippen LogP contribution in [0.5, 0.6) is 0 Å². The predicted octanol–water partition coefficient (Wildman–Crippen LogP) is 0.674. The minimum atomic E-state index is -1.35. The molecule has 21 heavy (non-hydrogen) atoms. The molecule has 0 radical (unpaired) electrons. The molecule has 2 aromatic heterocycles. The number of carboxylic acid groups (broad SMARTS) is 1. The van der Waals surface area contributed by atoms with Crippen molar-refractivity contribution < 1.29 is 19.6 Å². The van der Waals surface area contributed by atoms with Crippen LogP contribution in [0.2, 0.25) is 0 Å². The fourth-order valence-electron chi connectivity index (χ4n) is 1.67. The van der Waals surface area contributed by atoms with Crippen molar-refractivity contribution in [2.45, 2.75) is 0 Å². The summed E-state index contributed by atoms with van der Waals surface area (Å²) in [4.78, 5) is 40.4. The largest absolute Gasteiger partial charge is 0.476 e. The van der Waals surface area contributed by atoms with Crippen LogP contribution in [0.25, 0.3) is 0 Å². The lowest BCUT2D eigenvalue weighted by Gasteiger charge is -2.05. The van der Waals surface area contributed by atoms with E-state index < -0.39 is 22.5 Å². The minimum absolute atomic E-state index is 0.0105. The number of aromatic nitrogens is 3. The van der Waals surface area contributed by atoms with E-state index in [2.05, 4.69) is 15.3 Å². The van der Waals surface area contributed by atoms with Crippen LogP contribution in [0.3, 0.4) is 0 Å². The van der Waals surface area contributed by atoms with Crippen LogP contribution in [-0.2, 0) is 7.05 Å². The average Bonchev–Trinajstić information content (AvgIpc) is 2.81. The number of aromatic carboxylic acids is 1. The summed E-state index contributed by atoms with van der Waals surface area (Å²) in [5.74, 6) is -2.58. The quantitative estimate of drug-likeness (QED) is 0.623. The maximum atomic E-state index is 12.0. The highest BCUT2D eigenvalue weighted by molar-refractivity contribution is 6.05. The van der Waals surface area contributed by atoms with Gasteiger partial charge in [-0.15, -0.1) is 0 Å². The highest BCUT2D eigenvalue weighted by Gasteiger charge is 2.23. The Morgan fingerprint density at radius 1 is 1.33 bits per heavy atom. The zero-order valence-electron chi connectivity index (χ0n) is 10.7. The van der Waals surface area contributed by atoms with E-state index in [0.717, 1.165) is 4.57 Å². The van der Waals surface area contributed by atoms with Crippen molar-refractivity contribution in [3.05, 3.63) is 46.0 Å². The Hall–Kier alpha value is -3.30. The number of rotatable bonds is 4. The Bertz CT molecular complexity index is 738. The smallest absolute Gasteiger partial charge is 0.358 e. The third-order valence-corrected chi connectivity index (χ3v) is 2.65. The molecule has 0 aliphatic carbocycles. The van der Waals surface area contributed by atoms with E-state index in [4.69, 9.17) is 5.11 Å². The molecule has 0 aliphatic heterocycles. The first-order valence-electron chi connectivity index (χ1n) is 5.57. The van der Waals surface area contributed by atoms with Crippen LogP contribution in [0, 0.1) is 10.1 Å². The van der Waals surface area contributed by atoms with Gasteiger partial charge in [0.25, 0.3) is 5.91 Å². The van der Waals surface area contributed by atoms with Crippen molar-refractivity contribution in [3.8, 4) is 0 Å². The normalized spacial score (nSPS) is 10.1. The van der Waals surface area contributed by atoms with E-state index >= 15 is 0 Å². The Kier molecular flexibility index (Phi) is 3.61. The lowest BCUT2D eigenvalue weighted by atomic mass is 10.3. The second-order valence-corrected chi connectivity index (χ2v) is 3.91. The third kappa shape index (κ3) is 2.68. The van der Waals surface area contributed by atoms with Crippen LogP contribution in [0.4, 0.5) is 11.6 Å². The van der Waals surface area contributed by atoms with Gasteiger partial charge in [0.2, 0.25) is 0 Å². The number of nitrogens with one attached hydrogen (secondary N) is 1. The molecule has 0 saturated heterocycles. The first-order valence-corrected chi connectivity index (χ1v) is 5.57. The number of nitro groups is 1. The molecule has 0 aliphatic rings. The molecule has 0 atom stereocenters. The number of carbonyl (C=O) groups is 2. The van der Waals surface area contributed by atoms with Gasteiger partial charge >= 0.3 is 11.8 Å². The van der Waals surface area contributed by atoms with Gasteiger partial charge in [-0.3, -0.25) is 4.79 Å². The topological polar surface area (TPSA) is 140 Å². The molecule has 1 amide bonds. The molecule has 2 N–H and O–H groups in total. The molecule has 0 fully saturated rings. The molecular formula is C11H9N5O5. The number of hydrogen-bond acceptors (Lipinski definition) is 6. The number of hydrogen-bond donors (Lipinski definition) is 2. The Morgan fingerprint density at radius 2 is 2.00 bits per heavy atom. The van der Waals surface area contributed by atoms with E-state index in [1.807, 2.05) is 0 Å². The van der Waals surface area contributed by atoms with E-state index in [-0.39, 0.29) is 17.3 Å². The molecule has 0 unspecified atom stereocenters. The molecule has 2 aromatic rings. The summed E-state index contributed by atoms with van der Waals surface area (Å²) in [6, 6.07) is 2.42. The van der Waals surface area contributed by atoms with Gasteiger partial charge in [0.05, 0.1) is 7.05 Å². The van der Waals surface area contributed by atoms with E-state index in [0.29, 0.717) is 0 Å². The molecule has 10 nitrogen and oxygen atoms in total. The fourth-order valence-corrected chi connectivity index (χ4v) is 1.67. The van der Waals surface area contributed by atoms with Crippen molar-refractivity contribution in [3.63, 3.8) is 0 Å². The number of amides is 1. The Labute approximate surface area is 117 Å². The van der Waals surface area contributed by atoms with Gasteiger partial charge in [-0.2, -0.15) is 0 Å². The van der Waals surface area contributed by atoms with Gasteiger partial charge in [0, 0.05) is 18.5 Å². The first-order chi connectivity index (χ1) is 9.91. The number of nitrogens with zero attached hydrogens (tertiary/aromatic N) is 4. The standard InChI is InChI=1S/C11H9N5O5/c1-15-6(2-3-7(15)16(20)21)10(17)14-9-8(11(18)19)12-4-5-13-9/h2-5H,1H3,(H,18,19)(H,13,14,17).